The molecule has 198 valence electrons. The summed E-state index contributed by atoms with van der Waals surface area (Å²) in [5.74, 6) is -0.446. The fourth-order valence-electron chi connectivity index (χ4n) is 3.31. The minimum absolute atomic E-state index is 0.143. The number of carbonyl (C=O) groups is 1. The molecule has 1 N–H and O–H groups in total. The van der Waals surface area contributed by atoms with Crippen molar-refractivity contribution in [1.29, 1.82) is 0 Å². The van der Waals surface area contributed by atoms with E-state index >= 15 is 0 Å². The molecule has 37 heavy (non-hydrogen) atoms. The SMILES string of the molecule is CN(C)S(=O)(=O)c1ccc(OCCNC(=O)c2ccc(N(Cc3ccccc3F)S(C)(=O)=O)cc2)cc1. The van der Waals surface area contributed by atoms with Crippen LogP contribution in [0.3, 0.4) is 0 Å². The van der Waals surface area contributed by atoms with Crippen LogP contribution in [-0.4, -0.2) is 60.6 Å². The highest BCUT2D eigenvalue weighted by Gasteiger charge is 2.20. The normalized spacial score (nSPS) is 11.8. The van der Waals surface area contributed by atoms with Crippen molar-refractivity contribution in [2.45, 2.75) is 11.4 Å². The molecule has 3 aromatic carbocycles. The molecule has 0 atom stereocenters. The quantitative estimate of drug-likeness (QED) is 0.368. The third-order valence-corrected chi connectivity index (χ3v) is 8.32. The van der Waals surface area contributed by atoms with Crippen molar-refractivity contribution in [3.8, 4) is 5.75 Å². The van der Waals surface area contributed by atoms with Crippen molar-refractivity contribution in [3.63, 3.8) is 0 Å². The summed E-state index contributed by atoms with van der Waals surface area (Å²) < 4.78 is 70.7. The van der Waals surface area contributed by atoms with Gasteiger partial charge in [-0.05, 0) is 54.6 Å². The van der Waals surface area contributed by atoms with Crippen molar-refractivity contribution >= 4 is 31.6 Å². The van der Waals surface area contributed by atoms with Crippen molar-refractivity contribution in [1.82, 2.24) is 9.62 Å². The molecular weight excluding hydrogens is 521 g/mol. The number of hydrogen-bond donors (Lipinski definition) is 1. The highest BCUT2D eigenvalue weighted by molar-refractivity contribution is 7.92. The Bertz CT molecular complexity index is 1440. The number of hydrogen-bond acceptors (Lipinski definition) is 6. The minimum atomic E-state index is -3.71. The molecule has 0 aliphatic rings. The Morgan fingerprint density at radius 1 is 0.919 bits per heavy atom. The van der Waals surface area contributed by atoms with E-state index in [0.717, 1.165) is 14.9 Å². The van der Waals surface area contributed by atoms with Gasteiger partial charge in [0.15, 0.2) is 0 Å². The van der Waals surface area contributed by atoms with Gasteiger partial charge in [0.2, 0.25) is 20.0 Å². The van der Waals surface area contributed by atoms with Gasteiger partial charge in [-0.2, -0.15) is 0 Å². The minimum Gasteiger partial charge on any atom is -0.492 e. The van der Waals surface area contributed by atoms with Crippen LogP contribution in [0, 0.1) is 5.82 Å². The molecule has 0 spiro atoms. The van der Waals surface area contributed by atoms with Crippen LogP contribution in [0.1, 0.15) is 15.9 Å². The number of carbonyl (C=O) groups excluding carboxylic acids is 1. The Morgan fingerprint density at radius 2 is 1.54 bits per heavy atom. The summed E-state index contributed by atoms with van der Waals surface area (Å²) in [6.45, 7) is 0.144. The van der Waals surface area contributed by atoms with Gasteiger partial charge >= 0.3 is 0 Å². The number of ether oxygens (including phenoxy) is 1. The second-order valence-corrected chi connectivity index (χ2v) is 12.3. The second kappa shape index (κ2) is 11.7. The number of sulfonamides is 2. The summed E-state index contributed by atoms with van der Waals surface area (Å²) in [5.41, 5.74) is 0.829. The third-order valence-electron chi connectivity index (χ3n) is 5.35. The Hall–Kier alpha value is -3.48. The first kappa shape index (κ1) is 28.1. The highest BCUT2D eigenvalue weighted by Crippen LogP contribution is 2.22. The number of nitrogens with zero attached hydrogens (tertiary/aromatic N) is 2. The smallest absolute Gasteiger partial charge is 0.251 e. The first-order valence-corrected chi connectivity index (χ1v) is 14.4. The van der Waals surface area contributed by atoms with E-state index in [9.17, 15) is 26.0 Å². The standard InChI is InChI=1S/C25H28FN3O6S2/c1-28(2)37(33,34)23-14-12-22(13-15-23)35-17-16-27-25(30)19-8-10-21(11-9-19)29(36(3,31)32)18-20-6-4-5-7-24(20)26/h4-15H,16-18H2,1-3H3,(H,27,30). The van der Waals surface area contributed by atoms with Crippen LogP contribution >= 0.6 is 0 Å². The molecule has 0 saturated heterocycles. The number of anilines is 1. The summed E-state index contributed by atoms with van der Waals surface area (Å²) in [5, 5.41) is 2.70. The van der Waals surface area contributed by atoms with Crippen LogP contribution < -0.4 is 14.4 Å². The summed E-state index contributed by atoms with van der Waals surface area (Å²) in [6.07, 6.45) is 1.03. The lowest BCUT2D eigenvalue weighted by atomic mass is 10.1. The summed E-state index contributed by atoms with van der Waals surface area (Å²) in [4.78, 5) is 12.6. The van der Waals surface area contributed by atoms with Gasteiger partial charge in [0.25, 0.3) is 5.91 Å². The van der Waals surface area contributed by atoms with Crippen molar-refractivity contribution in [2.75, 3.05) is 37.8 Å². The predicted octanol–water partition coefficient (Wildman–Crippen LogP) is 2.85. The summed E-state index contributed by atoms with van der Waals surface area (Å²) in [6, 6.07) is 17.8. The molecule has 0 aliphatic carbocycles. The number of benzene rings is 3. The highest BCUT2D eigenvalue weighted by atomic mass is 32.2. The average molecular weight is 550 g/mol. The maximum Gasteiger partial charge on any atom is 0.251 e. The third kappa shape index (κ3) is 7.28. The lowest BCUT2D eigenvalue weighted by molar-refractivity contribution is 0.0947. The van der Waals surface area contributed by atoms with Crippen molar-refractivity contribution < 1.29 is 30.8 Å². The van der Waals surface area contributed by atoms with E-state index in [0.29, 0.717) is 17.0 Å². The van der Waals surface area contributed by atoms with Gasteiger partial charge in [0.05, 0.1) is 29.9 Å². The van der Waals surface area contributed by atoms with Crippen LogP contribution in [0.5, 0.6) is 5.75 Å². The van der Waals surface area contributed by atoms with Crippen LogP contribution in [0.4, 0.5) is 10.1 Å². The summed E-state index contributed by atoms with van der Waals surface area (Å²) >= 11 is 0. The molecule has 1 amide bonds. The molecule has 0 aliphatic heterocycles. The fourth-order valence-corrected chi connectivity index (χ4v) is 5.09. The van der Waals surface area contributed by atoms with Gasteiger partial charge in [-0.1, -0.05) is 18.2 Å². The van der Waals surface area contributed by atoms with Gasteiger partial charge in [-0.25, -0.2) is 25.5 Å². The number of halogens is 1. The predicted molar refractivity (Wildman–Crippen MR) is 139 cm³/mol. The van der Waals surface area contributed by atoms with E-state index in [4.69, 9.17) is 4.74 Å². The molecule has 0 saturated carbocycles. The van der Waals surface area contributed by atoms with E-state index in [2.05, 4.69) is 5.32 Å². The Balaban J connectivity index is 1.56. The monoisotopic (exact) mass is 549 g/mol. The number of nitrogens with one attached hydrogen (secondary N) is 1. The van der Waals surface area contributed by atoms with Gasteiger partial charge in [-0.3, -0.25) is 9.10 Å². The zero-order valence-electron chi connectivity index (χ0n) is 20.6. The average Bonchev–Trinajstić information content (AvgIpc) is 2.85. The Morgan fingerprint density at radius 3 is 2.11 bits per heavy atom. The van der Waals surface area contributed by atoms with Gasteiger partial charge < -0.3 is 10.1 Å². The van der Waals surface area contributed by atoms with Crippen molar-refractivity contribution in [3.05, 3.63) is 89.7 Å². The molecule has 12 heteroatoms. The van der Waals surface area contributed by atoms with Gasteiger partial charge in [0.1, 0.15) is 18.2 Å². The number of amides is 1. The van der Waals surface area contributed by atoms with E-state index < -0.39 is 25.9 Å². The zero-order chi connectivity index (χ0) is 27.2. The number of rotatable bonds is 11. The van der Waals surface area contributed by atoms with E-state index in [1.54, 1.807) is 6.07 Å². The molecule has 0 heterocycles. The fraction of sp³-hybridized carbons (Fsp3) is 0.240. The van der Waals surface area contributed by atoms with E-state index in [-0.39, 0.29) is 36.1 Å². The second-order valence-electron chi connectivity index (χ2n) is 8.27. The molecule has 0 radical (unpaired) electrons. The van der Waals surface area contributed by atoms with E-state index in [1.807, 2.05) is 0 Å². The molecular formula is C25H28FN3O6S2. The lowest BCUT2D eigenvalue weighted by Gasteiger charge is -2.23. The largest absolute Gasteiger partial charge is 0.492 e. The molecule has 0 aromatic heterocycles. The molecule has 3 aromatic rings. The molecule has 0 unspecified atom stereocenters. The van der Waals surface area contributed by atoms with Crippen molar-refractivity contribution in [2.24, 2.45) is 0 Å². The van der Waals surface area contributed by atoms with Gasteiger partial charge in [-0.15, -0.1) is 0 Å². The van der Waals surface area contributed by atoms with E-state index in [1.165, 1.54) is 80.8 Å². The molecule has 0 fully saturated rings. The molecule has 3 rings (SSSR count). The van der Waals surface area contributed by atoms with Crippen LogP contribution in [-0.2, 0) is 26.6 Å². The maximum atomic E-state index is 14.1. The lowest BCUT2D eigenvalue weighted by Crippen LogP contribution is -2.30. The zero-order valence-corrected chi connectivity index (χ0v) is 22.2. The molecule has 9 nitrogen and oxygen atoms in total. The first-order chi connectivity index (χ1) is 17.4. The van der Waals surface area contributed by atoms with Gasteiger partial charge in [0, 0.05) is 25.2 Å². The maximum absolute atomic E-state index is 14.1. The Labute approximate surface area is 216 Å². The molecule has 0 bridgehead atoms. The van der Waals surface area contributed by atoms with Crippen LogP contribution in [0.25, 0.3) is 0 Å². The summed E-state index contributed by atoms with van der Waals surface area (Å²) in [7, 11) is -4.34. The first-order valence-electron chi connectivity index (χ1n) is 11.1. The van der Waals surface area contributed by atoms with Crippen LogP contribution in [0.2, 0.25) is 0 Å². The van der Waals surface area contributed by atoms with Crippen LogP contribution in [0.15, 0.2) is 77.7 Å². The topological polar surface area (TPSA) is 113 Å². The Kier molecular flexibility index (Phi) is 8.89.